The molecule has 2 unspecified atom stereocenters. The third kappa shape index (κ3) is 3.75. The van der Waals surface area contributed by atoms with Gasteiger partial charge in [0.15, 0.2) is 5.58 Å². The van der Waals surface area contributed by atoms with E-state index >= 15 is 0 Å². The number of fused-ring (bicyclic) bond motifs is 1. The molecule has 1 aliphatic carbocycles. The van der Waals surface area contributed by atoms with Crippen LogP contribution in [0, 0.1) is 18.6 Å². The number of halogens is 2. The number of rotatable bonds is 6. The van der Waals surface area contributed by atoms with Crippen LogP contribution in [0.4, 0.5) is 26.0 Å². The van der Waals surface area contributed by atoms with E-state index in [0.717, 1.165) is 17.5 Å². The maximum absolute atomic E-state index is 14.5. The highest BCUT2D eigenvalue weighted by Gasteiger charge is 2.39. The summed E-state index contributed by atoms with van der Waals surface area (Å²) in [6.45, 7) is 1.81. The van der Waals surface area contributed by atoms with E-state index < -0.39 is 5.82 Å². The number of aromatic nitrogens is 1. The molecular weight excluding hydrogens is 432 g/mol. The van der Waals surface area contributed by atoms with Crippen molar-refractivity contribution in [3.05, 3.63) is 87.9 Å². The van der Waals surface area contributed by atoms with Gasteiger partial charge in [0.25, 0.3) is 5.56 Å². The zero-order valence-corrected chi connectivity index (χ0v) is 18.3. The molecule has 0 spiro atoms. The minimum atomic E-state index is -0.413. The Morgan fingerprint density at radius 3 is 2.78 bits per heavy atom. The molecular formula is C24H21F2N3O2S. The third-order valence-electron chi connectivity index (χ3n) is 5.70. The molecule has 0 amide bonds. The highest BCUT2D eigenvalue weighted by Crippen LogP contribution is 2.50. The van der Waals surface area contributed by atoms with E-state index in [4.69, 9.17) is 4.42 Å². The van der Waals surface area contributed by atoms with E-state index in [9.17, 15) is 13.6 Å². The van der Waals surface area contributed by atoms with Gasteiger partial charge in [0.1, 0.15) is 23.1 Å². The van der Waals surface area contributed by atoms with Gasteiger partial charge in [-0.25, -0.2) is 8.78 Å². The molecule has 2 atom stereocenters. The van der Waals surface area contributed by atoms with E-state index in [1.807, 2.05) is 13.0 Å². The van der Waals surface area contributed by atoms with E-state index in [1.165, 1.54) is 34.9 Å². The Morgan fingerprint density at radius 2 is 2.00 bits per heavy atom. The summed E-state index contributed by atoms with van der Waals surface area (Å²) in [4.78, 5) is 12.8. The number of nitrogens with zero attached hydrogens (tertiary/aromatic N) is 1. The molecule has 0 aliphatic heterocycles. The van der Waals surface area contributed by atoms with Crippen molar-refractivity contribution in [2.24, 2.45) is 7.05 Å². The molecule has 4 aromatic rings. The fraction of sp³-hybridized carbons (Fsp3) is 0.208. The first-order valence-corrected chi connectivity index (χ1v) is 11.1. The fourth-order valence-electron chi connectivity index (χ4n) is 3.84. The predicted molar refractivity (Wildman–Crippen MR) is 125 cm³/mol. The Hall–Kier alpha value is -3.26. The van der Waals surface area contributed by atoms with Crippen LogP contribution in [-0.4, -0.2) is 9.82 Å². The van der Waals surface area contributed by atoms with Crippen LogP contribution in [0.3, 0.4) is 0 Å². The van der Waals surface area contributed by atoms with E-state index in [1.54, 1.807) is 37.4 Å². The maximum atomic E-state index is 14.5. The van der Waals surface area contributed by atoms with Crippen LogP contribution < -0.4 is 15.6 Å². The summed E-state index contributed by atoms with van der Waals surface area (Å²) < 4.78 is 38.5. The standard InChI is InChI=1S/C24H21F2N3O2S/c1-13-6-7-19(18(26)10-13)27-23-21(22-16(8-9-31-22)24(30)29(23)2)28-32-20-12-17(20)14-4-3-5-15(25)11-14/h3-11,17,20,27-28H,12H2,1-2H3. The summed E-state index contributed by atoms with van der Waals surface area (Å²) >= 11 is 1.49. The quantitative estimate of drug-likeness (QED) is 0.347. The largest absolute Gasteiger partial charge is 0.462 e. The van der Waals surface area contributed by atoms with Crippen LogP contribution >= 0.6 is 11.9 Å². The smallest absolute Gasteiger partial charge is 0.263 e. The first kappa shape index (κ1) is 20.6. The molecule has 2 N–H and O–H groups in total. The minimum absolute atomic E-state index is 0.239. The number of anilines is 3. The lowest BCUT2D eigenvalue weighted by Gasteiger charge is -2.18. The maximum Gasteiger partial charge on any atom is 0.263 e. The molecule has 8 heteroatoms. The summed E-state index contributed by atoms with van der Waals surface area (Å²) in [6.07, 6.45) is 2.37. The minimum Gasteiger partial charge on any atom is -0.462 e. The molecule has 5 nitrogen and oxygen atoms in total. The fourth-order valence-corrected chi connectivity index (χ4v) is 4.93. The number of nitrogens with one attached hydrogen (secondary N) is 2. The average molecular weight is 454 g/mol. The Labute approximate surface area is 187 Å². The SMILES string of the molecule is Cc1ccc(Nc2c(NSC3CC3c3cccc(F)c3)c3occc3c(=O)n2C)c(F)c1. The first-order valence-electron chi connectivity index (χ1n) is 10.2. The summed E-state index contributed by atoms with van der Waals surface area (Å²) in [5, 5.41) is 3.73. The van der Waals surface area contributed by atoms with Crippen molar-refractivity contribution in [2.45, 2.75) is 24.5 Å². The van der Waals surface area contributed by atoms with Crippen molar-refractivity contribution < 1.29 is 13.2 Å². The summed E-state index contributed by atoms with van der Waals surface area (Å²) in [5.41, 5.74) is 2.74. The van der Waals surface area contributed by atoms with E-state index in [2.05, 4.69) is 10.0 Å². The lowest BCUT2D eigenvalue weighted by atomic mass is 10.1. The van der Waals surface area contributed by atoms with Gasteiger partial charge in [-0.05, 0) is 72.7 Å². The molecule has 2 aromatic carbocycles. The molecule has 0 bridgehead atoms. The second kappa shape index (κ2) is 8.02. The van der Waals surface area contributed by atoms with Crippen molar-refractivity contribution in [3.8, 4) is 0 Å². The number of aryl methyl sites for hydroxylation is 1. The lowest BCUT2D eigenvalue weighted by molar-refractivity contribution is 0.616. The monoisotopic (exact) mass is 453 g/mol. The van der Waals surface area contributed by atoms with Gasteiger partial charge in [-0.3, -0.25) is 9.36 Å². The molecule has 5 rings (SSSR count). The van der Waals surface area contributed by atoms with Crippen LogP contribution in [0.1, 0.15) is 23.5 Å². The van der Waals surface area contributed by atoms with Gasteiger partial charge in [0.05, 0.1) is 17.3 Å². The second-order valence-corrected chi connectivity index (χ2v) is 9.06. The number of hydrogen-bond acceptors (Lipinski definition) is 5. The van der Waals surface area contributed by atoms with Gasteiger partial charge < -0.3 is 14.5 Å². The molecule has 1 fully saturated rings. The lowest BCUT2D eigenvalue weighted by Crippen LogP contribution is -2.20. The Kier molecular flexibility index (Phi) is 5.17. The highest BCUT2D eigenvalue weighted by molar-refractivity contribution is 8.01. The molecule has 164 valence electrons. The third-order valence-corrected chi connectivity index (χ3v) is 6.84. The molecule has 2 heterocycles. The zero-order chi connectivity index (χ0) is 22.4. The van der Waals surface area contributed by atoms with Crippen molar-refractivity contribution in [1.29, 1.82) is 0 Å². The molecule has 1 aliphatic rings. The normalized spacial score (nSPS) is 17.5. The van der Waals surface area contributed by atoms with Gasteiger partial charge in [0.2, 0.25) is 0 Å². The number of pyridine rings is 1. The van der Waals surface area contributed by atoms with Crippen LogP contribution in [0.5, 0.6) is 0 Å². The Morgan fingerprint density at radius 1 is 1.16 bits per heavy atom. The number of benzene rings is 2. The van der Waals surface area contributed by atoms with Gasteiger partial charge in [-0.15, -0.1) is 0 Å². The summed E-state index contributed by atoms with van der Waals surface area (Å²) in [7, 11) is 1.63. The summed E-state index contributed by atoms with van der Waals surface area (Å²) in [5.74, 6) is -0.0125. The highest BCUT2D eigenvalue weighted by atomic mass is 32.2. The van der Waals surface area contributed by atoms with Gasteiger partial charge >= 0.3 is 0 Å². The molecule has 1 saturated carbocycles. The zero-order valence-electron chi connectivity index (χ0n) is 17.5. The van der Waals surface area contributed by atoms with Gasteiger partial charge in [-0.1, -0.05) is 18.2 Å². The average Bonchev–Trinajstić information content (AvgIpc) is 3.38. The van der Waals surface area contributed by atoms with Crippen LogP contribution in [-0.2, 0) is 7.05 Å². The van der Waals surface area contributed by atoms with Crippen molar-refractivity contribution in [3.63, 3.8) is 0 Å². The number of furan rings is 1. The first-order chi connectivity index (χ1) is 15.4. The van der Waals surface area contributed by atoms with Crippen LogP contribution in [0.2, 0.25) is 0 Å². The number of hydrogen-bond donors (Lipinski definition) is 2. The molecule has 32 heavy (non-hydrogen) atoms. The van der Waals surface area contributed by atoms with Gasteiger partial charge in [-0.2, -0.15) is 0 Å². The second-order valence-electron chi connectivity index (χ2n) is 8.02. The van der Waals surface area contributed by atoms with E-state index in [-0.39, 0.29) is 28.2 Å². The van der Waals surface area contributed by atoms with Gasteiger partial charge in [0, 0.05) is 12.3 Å². The molecule has 0 saturated heterocycles. The summed E-state index contributed by atoms with van der Waals surface area (Å²) in [6, 6.07) is 13.1. The van der Waals surface area contributed by atoms with E-state index in [0.29, 0.717) is 22.5 Å². The van der Waals surface area contributed by atoms with Crippen LogP contribution in [0.15, 0.2) is 64.0 Å². The van der Waals surface area contributed by atoms with Crippen molar-refractivity contribution in [2.75, 3.05) is 10.0 Å². The Bertz CT molecular complexity index is 1380. The molecule has 2 aromatic heterocycles. The van der Waals surface area contributed by atoms with Crippen LogP contribution in [0.25, 0.3) is 11.0 Å². The topological polar surface area (TPSA) is 59.2 Å². The van der Waals surface area contributed by atoms with Crippen molar-refractivity contribution in [1.82, 2.24) is 4.57 Å². The molecule has 0 radical (unpaired) electrons. The van der Waals surface area contributed by atoms with Crippen molar-refractivity contribution >= 4 is 40.1 Å². The predicted octanol–water partition coefficient (Wildman–Crippen LogP) is 6.08. The Balaban J connectivity index is 1.46.